The van der Waals surface area contributed by atoms with E-state index in [9.17, 15) is 9.90 Å². The molecule has 3 heteroatoms. The highest BCUT2D eigenvalue weighted by molar-refractivity contribution is 8.01. The first-order valence-corrected chi connectivity index (χ1v) is 5.92. The first-order valence-electron chi connectivity index (χ1n) is 4.97. The number of carbonyl (C=O) groups is 1. The van der Waals surface area contributed by atoms with Crippen LogP contribution in [0.15, 0.2) is 0 Å². The van der Waals surface area contributed by atoms with Gasteiger partial charge in [-0.25, -0.2) is 0 Å². The SMILES string of the molecule is CC(O)C(C)SC1CCCCC1=O. The van der Waals surface area contributed by atoms with Crippen molar-refractivity contribution >= 4 is 17.5 Å². The molecule has 76 valence electrons. The molecule has 0 aromatic carbocycles. The Morgan fingerprint density at radius 3 is 2.69 bits per heavy atom. The zero-order valence-corrected chi connectivity index (χ0v) is 9.14. The standard InChI is InChI=1S/C10H18O2S/c1-7(11)8(2)13-10-6-4-3-5-9(10)12/h7-8,10-11H,3-6H2,1-2H3. The summed E-state index contributed by atoms with van der Waals surface area (Å²) in [6.45, 7) is 3.77. The van der Waals surface area contributed by atoms with Crippen molar-refractivity contribution in [1.82, 2.24) is 0 Å². The van der Waals surface area contributed by atoms with Gasteiger partial charge in [-0.15, -0.1) is 11.8 Å². The van der Waals surface area contributed by atoms with Gasteiger partial charge in [-0.3, -0.25) is 4.79 Å². The summed E-state index contributed by atoms with van der Waals surface area (Å²) in [4.78, 5) is 11.4. The van der Waals surface area contributed by atoms with Gasteiger partial charge in [-0.05, 0) is 19.8 Å². The van der Waals surface area contributed by atoms with Gasteiger partial charge in [0.25, 0.3) is 0 Å². The molecule has 1 aliphatic carbocycles. The molecule has 3 atom stereocenters. The highest BCUT2D eigenvalue weighted by Crippen LogP contribution is 2.29. The first-order chi connectivity index (χ1) is 6.11. The Labute approximate surface area is 84.1 Å². The summed E-state index contributed by atoms with van der Waals surface area (Å²) in [6, 6.07) is 0. The van der Waals surface area contributed by atoms with Crippen molar-refractivity contribution in [3.63, 3.8) is 0 Å². The van der Waals surface area contributed by atoms with Gasteiger partial charge in [-0.1, -0.05) is 13.3 Å². The van der Waals surface area contributed by atoms with Gasteiger partial charge in [0.1, 0.15) is 5.78 Å². The zero-order chi connectivity index (χ0) is 9.84. The summed E-state index contributed by atoms with van der Waals surface area (Å²) in [6.07, 6.45) is 3.64. The smallest absolute Gasteiger partial charge is 0.145 e. The van der Waals surface area contributed by atoms with E-state index in [0.29, 0.717) is 5.78 Å². The molecule has 0 aromatic rings. The molecule has 1 aliphatic rings. The summed E-state index contributed by atoms with van der Waals surface area (Å²) in [5.41, 5.74) is 0. The lowest BCUT2D eigenvalue weighted by Gasteiger charge is -2.24. The summed E-state index contributed by atoms with van der Waals surface area (Å²) >= 11 is 1.64. The number of aliphatic hydroxyl groups is 1. The summed E-state index contributed by atoms with van der Waals surface area (Å²) in [5, 5.41) is 9.63. The lowest BCUT2D eigenvalue weighted by molar-refractivity contribution is -0.119. The van der Waals surface area contributed by atoms with Crippen molar-refractivity contribution in [1.29, 1.82) is 0 Å². The second kappa shape index (κ2) is 5.01. The van der Waals surface area contributed by atoms with Gasteiger partial charge in [0, 0.05) is 11.7 Å². The molecule has 0 aliphatic heterocycles. The summed E-state index contributed by atoms with van der Waals surface area (Å²) in [7, 11) is 0. The Kier molecular flexibility index (Phi) is 4.26. The van der Waals surface area contributed by atoms with Crippen molar-refractivity contribution in [3.8, 4) is 0 Å². The van der Waals surface area contributed by atoms with Gasteiger partial charge < -0.3 is 5.11 Å². The van der Waals surface area contributed by atoms with Crippen LogP contribution in [0.3, 0.4) is 0 Å². The molecular formula is C10H18O2S. The zero-order valence-electron chi connectivity index (χ0n) is 8.32. The third-order valence-corrected chi connectivity index (χ3v) is 4.21. The molecule has 0 amide bonds. The molecular weight excluding hydrogens is 184 g/mol. The van der Waals surface area contributed by atoms with E-state index in [1.807, 2.05) is 6.92 Å². The number of ketones is 1. The van der Waals surface area contributed by atoms with E-state index in [1.54, 1.807) is 18.7 Å². The average molecular weight is 202 g/mol. The first kappa shape index (κ1) is 11.1. The van der Waals surface area contributed by atoms with Gasteiger partial charge in [0.05, 0.1) is 11.4 Å². The predicted molar refractivity (Wildman–Crippen MR) is 56.0 cm³/mol. The second-order valence-corrected chi connectivity index (χ2v) is 5.37. The van der Waals surface area contributed by atoms with Crippen molar-refractivity contribution in [3.05, 3.63) is 0 Å². The third-order valence-electron chi connectivity index (χ3n) is 2.56. The van der Waals surface area contributed by atoms with Crippen molar-refractivity contribution < 1.29 is 9.90 Å². The fourth-order valence-corrected chi connectivity index (χ4v) is 2.79. The quantitative estimate of drug-likeness (QED) is 0.760. The van der Waals surface area contributed by atoms with Crippen LogP contribution < -0.4 is 0 Å². The lowest BCUT2D eigenvalue weighted by atomic mass is 9.99. The van der Waals surface area contributed by atoms with Crippen LogP contribution in [0, 0.1) is 0 Å². The lowest BCUT2D eigenvalue weighted by Crippen LogP contribution is -2.27. The number of aliphatic hydroxyl groups excluding tert-OH is 1. The molecule has 0 spiro atoms. The minimum atomic E-state index is -0.320. The van der Waals surface area contributed by atoms with Gasteiger partial charge in [-0.2, -0.15) is 0 Å². The average Bonchev–Trinajstić information content (AvgIpc) is 2.08. The van der Waals surface area contributed by atoms with Crippen LogP contribution in [-0.2, 0) is 4.79 Å². The number of hydrogen-bond acceptors (Lipinski definition) is 3. The van der Waals surface area contributed by atoms with Gasteiger partial charge in [0.2, 0.25) is 0 Å². The fraction of sp³-hybridized carbons (Fsp3) is 0.900. The van der Waals surface area contributed by atoms with Gasteiger partial charge in [0.15, 0.2) is 0 Å². The largest absolute Gasteiger partial charge is 0.392 e. The molecule has 0 bridgehead atoms. The Bertz CT molecular complexity index is 180. The highest BCUT2D eigenvalue weighted by atomic mass is 32.2. The van der Waals surface area contributed by atoms with E-state index in [-0.39, 0.29) is 16.6 Å². The van der Waals surface area contributed by atoms with Crippen molar-refractivity contribution in [2.75, 3.05) is 0 Å². The predicted octanol–water partition coefficient (Wildman–Crippen LogP) is 2.00. The maximum Gasteiger partial charge on any atom is 0.145 e. The third kappa shape index (κ3) is 3.31. The minimum Gasteiger partial charge on any atom is -0.392 e. The molecule has 1 fully saturated rings. The van der Waals surface area contributed by atoms with Gasteiger partial charge >= 0.3 is 0 Å². The monoisotopic (exact) mass is 202 g/mol. The second-order valence-electron chi connectivity index (χ2n) is 3.78. The number of hydrogen-bond donors (Lipinski definition) is 1. The Hall–Kier alpha value is -0.0200. The molecule has 1 saturated carbocycles. The van der Waals surface area contributed by atoms with Crippen LogP contribution in [0.4, 0.5) is 0 Å². The minimum absolute atomic E-state index is 0.151. The van der Waals surface area contributed by atoms with Crippen LogP contribution in [0.2, 0.25) is 0 Å². The summed E-state index contributed by atoms with van der Waals surface area (Å²) in [5.74, 6) is 0.378. The van der Waals surface area contributed by atoms with E-state index in [4.69, 9.17) is 0 Å². The van der Waals surface area contributed by atoms with Crippen LogP contribution in [0.25, 0.3) is 0 Å². The Morgan fingerprint density at radius 1 is 1.46 bits per heavy atom. The topological polar surface area (TPSA) is 37.3 Å². The Balaban J connectivity index is 2.38. The molecule has 13 heavy (non-hydrogen) atoms. The van der Waals surface area contributed by atoms with Crippen LogP contribution in [-0.4, -0.2) is 27.5 Å². The number of carbonyl (C=O) groups excluding carboxylic acids is 1. The number of thioether (sulfide) groups is 1. The molecule has 3 unspecified atom stereocenters. The molecule has 2 nitrogen and oxygen atoms in total. The van der Waals surface area contributed by atoms with E-state index >= 15 is 0 Å². The maximum absolute atomic E-state index is 11.4. The molecule has 0 saturated heterocycles. The molecule has 0 aromatic heterocycles. The number of rotatable bonds is 3. The molecule has 0 heterocycles. The van der Waals surface area contributed by atoms with Crippen molar-refractivity contribution in [2.24, 2.45) is 0 Å². The van der Waals surface area contributed by atoms with Crippen LogP contribution in [0.5, 0.6) is 0 Å². The molecule has 1 N–H and O–H groups in total. The fourth-order valence-electron chi connectivity index (χ4n) is 1.47. The van der Waals surface area contributed by atoms with E-state index in [0.717, 1.165) is 25.7 Å². The van der Waals surface area contributed by atoms with E-state index in [1.165, 1.54) is 0 Å². The van der Waals surface area contributed by atoms with E-state index < -0.39 is 0 Å². The molecule has 0 radical (unpaired) electrons. The van der Waals surface area contributed by atoms with E-state index in [2.05, 4.69) is 0 Å². The van der Waals surface area contributed by atoms with Crippen molar-refractivity contribution in [2.45, 2.75) is 56.1 Å². The Morgan fingerprint density at radius 2 is 2.15 bits per heavy atom. The van der Waals surface area contributed by atoms with Crippen LogP contribution in [0.1, 0.15) is 39.5 Å². The summed E-state index contributed by atoms with van der Waals surface area (Å²) < 4.78 is 0. The van der Waals surface area contributed by atoms with Crippen LogP contribution >= 0.6 is 11.8 Å². The normalized spacial score (nSPS) is 28.5. The maximum atomic E-state index is 11.4. The molecule has 1 rings (SSSR count). The number of Topliss-reactive ketones (excluding diaryl/α,β-unsaturated/α-hetero) is 1. The highest BCUT2D eigenvalue weighted by Gasteiger charge is 2.25.